The topological polar surface area (TPSA) is 88.8 Å². The predicted molar refractivity (Wildman–Crippen MR) is 132 cm³/mol. The van der Waals surface area contributed by atoms with Gasteiger partial charge < -0.3 is 19.1 Å². The van der Waals surface area contributed by atoms with Crippen LogP contribution in [0.25, 0.3) is 11.0 Å². The summed E-state index contributed by atoms with van der Waals surface area (Å²) in [5, 5.41) is 4.95. The van der Waals surface area contributed by atoms with Crippen LogP contribution in [0.4, 0.5) is 0 Å². The van der Waals surface area contributed by atoms with Gasteiger partial charge in [0.1, 0.15) is 5.69 Å². The van der Waals surface area contributed by atoms with E-state index in [1.165, 1.54) is 0 Å². The number of hydrogen-bond donors (Lipinski definition) is 0. The Kier molecular flexibility index (Phi) is 5.73. The van der Waals surface area contributed by atoms with Crippen LogP contribution < -0.4 is 0 Å². The number of pyridine rings is 1. The van der Waals surface area contributed by atoms with Crippen molar-refractivity contribution in [2.45, 2.75) is 24.5 Å². The van der Waals surface area contributed by atoms with E-state index in [0.717, 1.165) is 16.5 Å². The second-order valence-electron chi connectivity index (χ2n) is 9.37. The number of carbonyl (C=O) groups excluding carboxylic acids is 2. The van der Waals surface area contributed by atoms with Crippen LogP contribution in [0.1, 0.15) is 22.7 Å². The first-order valence-electron chi connectivity index (χ1n) is 12.1. The van der Waals surface area contributed by atoms with Crippen LogP contribution in [0.15, 0.2) is 83.6 Å². The van der Waals surface area contributed by atoms with Crippen molar-refractivity contribution in [1.29, 1.82) is 0 Å². The SMILES string of the molecule is O=C(Cc1noc2ccccc12)N1CCOC2(C1)C(=O)N(Cc1cccnc1)CC2c1ccccc1. The molecule has 0 aliphatic carbocycles. The van der Waals surface area contributed by atoms with Gasteiger partial charge in [-0.3, -0.25) is 14.6 Å². The van der Waals surface area contributed by atoms with Gasteiger partial charge in [0.05, 0.1) is 19.6 Å². The fraction of sp³-hybridized carbons (Fsp3) is 0.286. The second-order valence-corrected chi connectivity index (χ2v) is 9.37. The molecule has 6 rings (SSSR count). The molecule has 182 valence electrons. The lowest BCUT2D eigenvalue weighted by atomic mass is 9.83. The molecule has 8 nitrogen and oxygen atoms in total. The maximum absolute atomic E-state index is 13.9. The summed E-state index contributed by atoms with van der Waals surface area (Å²) in [5.74, 6) is -0.391. The molecule has 4 aromatic rings. The number of amides is 2. The van der Waals surface area contributed by atoms with Gasteiger partial charge in [-0.2, -0.15) is 0 Å². The van der Waals surface area contributed by atoms with Crippen LogP contribution in [0.5, 0.6) is 0 Å². The molecule has 0 N–H and O–H groups in total. The monoisotopic (exact) mass is 482 g/mol. The lowest BCUT2D eigenvalue weighted by Gasteiger charge is -2.42. The molecule has 0 saturated carbocycles. The van der Waals surface area contributed by atoms with E-state index in [1.54, 1.807) is 17.3 Å². The lowest BCUT2D eigenvalue weighted by molar-refractivity contribution is -0.167. The highest BCUT2D eigenvalue weighted by Crippen LogP contribution is 2.42. The van der Waals surface area contributed by atoms with E-state index >= 15 is 0 Å². The van der Waals surface area contributed by atoms with Crippen LogP contribution >= 0.6 is 0 Å². The van der Waals surface area contributed by atoms with Gasteiger partial charge in [0.15, 0.2) is 11.2 Å². The molecule has 2 aromatic heterocycles. The zero-order valence-electron chi connectivity index (χ0n) is 19.7. The number of para-hydroxylation sites is 1. The highest BCUT2D eigenvalue weighted by Gasteiger charge is 2.58. The smallest absolute Gasteiger partial charge is 0.257 e. The standard InChI is InChI=1S/C28H26N4O4/c33-26(15-24-22-10-4-5-11-25(22)36-30-24)31-13-14-35-28(19-31)23(21-8-2-1-3-9-21)18-32(27(28)34)17-20-7-6-12-29-16-20/h1-12,16,23H,13-15,17-19H2. The van der Waals surface area contributed by atoms with E-state index in [9.17, 15) is 9.59 Å². The number of fused-ring (bicyclic) bond motifs is 1. The summed E-state index contributed by atoms with van der Waals surface area (Å²) in [6.45, 7) is 1.87. The number of nitrogens with zero attached hydrogens (tertiary/aromatic N) is 4. The van der Waals surface area contributed by atoms with Crippen molar-refractivity contribution in [2.24, 2.45) is 0 Å². The van der Waals surface area contributed by atoms with Crippen molar-refractivity contribution >= 4 is 22.8 Å². The van der Waals surface area contributed by atoms with Gasteiger partial charge in [-0.05, 0) is 29.3 Å². The number of hydrogen-bond acceptors (Lipinski definition) is 6. The fourth-order valence-corrected chi connectivity index (χ4v) is 5.40. The van der Waals surface area contributed by atoms with E-state index in [4.69, 9.17) is 9.26 Å². The third-order valence-corrected chi connectivity index (χ3v) is 7.18. The summed E-state index contributed by atoms with van der Waals surface area (Å²) < 4.78 is 11.7. The van der Waals surface area contributed by atoms with Crippen molar-refractivity contribution in [1.82, 2.24) is 19.9 Å². The molecular formula is C28H26N4O4. The van der Waals surface area contributed by atoms with Gasteiger partial charge in [0.2, 0.25) is 5.91 Å². The molecule has 0 radical (unpaired) electrons. The Balaban J connectivity index is 1.28. The Morgan fingerprint density at radius 1 is 1.06 bits per heavy atom. The number of carbonyl (C=O) groups is 2. The van der Waals surface area contributed by atoms with Crippen LogP contribution in [0.3, 0.4) is 0 Å². The second kappa shape index (κ2) is 9.20. The molecule has 2 saturated heterocycles. The maximum atomic E-state index is 13.9. The molecule has 4 heterocycles. The zero-order valence-corrected chi connectivity index (χ0v) is 19.7. The number of benzene rings is 2. The fourth-order valence-electron chi connectivity index (χ4n) is 5.40. The summed E-state index contributed by atoms with van der Waals surface area (Å²) in [6.07, 6.45) is 3.60. The quantitative estimate of drug-likeness (QED) is 0.434. The molecule has 2 unspecified atom stereocenters. The number of rotatable bonds is 5. The summed E-state index contributed by atoms with van der Waals surface area (Å²) >= 11 is 0. The van der Waals surface area contributed by atoms with E-state index in [1.807, 2.05) is 71.6 Å². The number of ether oxygens (including phenoxy) is 1. The van der Waals surface area contributed by atoms with Gasteiger partial charge in [-0.15, -0.1) is 0 Å². The molecule has 8 heteroatoms. The minimum absolute atomic E-state index is 0.0930. The highest BCUT2D eigenvalue weighted by atomic mass is 16.5. The molecule has 2 atom stereocenters. The molecule has 2 aliphatic rings. The minimum atomic E-state index is -1.14. The first kappa shape index (κ1) is 22.4. The third-order valence-electron chi connectivity index (χ3n) is 7.18. The largest absolute Gasteiger partial charge is 0.361 e. The predicted octanol–water partition coefficient (Wildman–Crippen LogP) is 3.19. The van der Waals surface area contributed by atoms with Gasteiger partial charge in [0.25, 0.3) is 5.91 Å². The van der Waals surface area contributed by atoms with Crippen molar-refractivity contribution in [3.05, 3.63) is 95.9 Å². The van der Waals surface area contributed by atoms with Gasteiger partial charge in [-0.25, -0.2) is 0 Å². The van der Waals surface area contributed by atoms with Crippen LogP contribution in [-0.4, -0.2) is 63.6 Å². The maximum Gasteiger partial charge on any atom is 0.257 e. The summed E-state index contributed by atoms with van der Waals surface area (Å²) in [7, 11) is 0. The zero-order chi connectivity index (χ0) is 24.5. The molecule has 2 amide bonds. The Morgan fingerprint density at radius 3 is 2.72 bits per heavy atom. The average molecular weight is 483 g/mol. The van der Waals surface area contributed by atoms with Gasteiger partial charge >= 0.3 is 0 Å². The van der Waals surface area contributed by atoms with Crippen molar-refractivity contribution in [3.8, 4) is 0 Å². The van der Waals surface area contributed by atoms with Crippen LogP contribution in [0.2, 0.25) is 0 Å². The Morgan fingerprint density at radius 2 is 1.89 bits per heavy atom. The first-order valence-corrected chi connectivity index (χ1v) is 12.1. The summed E-state index contributed by atoms with van der Waals surface area (Å²) in [4.78, 5) is 35.1. The minimum Gasteiger partial charge on any atom is -0.361 e. The average Bonchev–Trinajstić information content (AvgIpc) is 3.44. The Bertz CT molecular complexity index is 1390. The third kappa shape index (κ3) is 3.93. The molecule has 1 spiro atoms. The Labute approximate surface area is 208 Å². The summed E-state index contributed by atoms with van der Waals surface area (Å²) in [6, 6.07) is 21.3. The van der Waals surface area contributed by atoms with Crippen LogP contribution in [-0.2, 0) is 27.3 Å². The molecular weight excluding hydrogens is 456 g/mol. The van der Waals surface area contributed by atoms with E-state index < -0.39 is 5.60 Å². The highest BCUT2D eigenvalue weighted by molar-refractivity contribution is 5.91. The molecule has 2 fully saturated rings. The van der Waals surface area contributed by atoms with Gasteiger partial charge in [-0.1, -0.05) is 53.7 Å². The molecule has 0 bridgehead atoms. The summed E-state index contributed by atoms with van der Waals surface area (Å²) in [5.41, 5.74) is 2.10. The van der Waals surface area contributed by atoms with Gasteiger partial charge in [0, 0.05) is 43.3 Å². The first-order chi connectivity index (χ1) is 17.6. The van der Waals surface area contributed by atoms with E-state index in [2.05, 4.69) is 10.1 Å². The normalized spacial score (nSPS) is 22.0. The van der Waals surface area contributed by atoms with E-state index in [-0.39, 0.29) is 30.7 Å². The number of likely N-dealkylation sites (tertiary alicyclic amines) is 1. The van der Waals surface area contributed by atoms with E-state index in [0.29, 0.717) is 37.5 Å². The van der Waals surface area contributed by atoms with Crippen molar-refractivity contribution < 1.29 is 18.8 Å². The van der Waals surface area contributed by atoms with Crippen molar-refractivity contribution in [2.75, 3.05) is 26.2 Å². The van der Waals surface area contributed by atoms with Crippen molar-refractivity contribution in [3.63, 3.8) is 0 Å². The molecule has 36 heavy (non-hydrogen) atoms. The molecule has 2 aromatic carbocycles. The number of morpholine rings is 1. The van der Waals surface area contributed by atoms with Crippen LogP contribution in [0, 0.1) is 0 Å². The number of aromatic nitrogens is 2. The Hall–Kier alpha value is -4.04. The lowest BCUT2D eigenvalue weighted by Crippen LogP contribution is -2.59. The molecule has 2 aliphatic heterocycles.